The monoisotopic (exact) mass is 327 g/mol. The van der Waals surface area contributed by atoms with E-state index in [0.717, 1.165) is 25.9 Å². The Hall–Kier alpha value is -2.67. The van der Waals surface area contributed by atoms with Gasteiger partial charge in [-0.1, -0.05) is 12.1 Å². The summed E-state index contributed by atoms with van der Waals surface area (Å²) in [5.41, 5.74) is 6.70. The number of nitrogens with one attached hydrogen (secondary N) is 2. The van der Waals surface area contributed by atoms with Crippen LogP contribution in [0.1, 0.15) is 28.8 Å². The average molecular weight is 327 g/mol. The van der Waals surface area contributed by atoms with Gasteiger partial charge >= 0.3 is 0 Å². The molecule has 4 N–H and O–H groups in total. The summed E-state index contributed by atoms with van der Waals surface area (Å²) < 4.78 is 5.23. The van der Waals surface area contributed by atoms with Gasteiger partial charge in [0.05, 0.1) is 18.2 Å². The highest BCUT2D eigenvalue weighted by Crippen LogP contribution is 2.23. The Kier molecular flexibility index (Phi) is 4.90. The van der Waals surface area contributed by atoms with E-state index >= 15 is 0 Å². The first kappa shape index (κ1) is 16.2. The van der Waals surface area contributed by atoms with Crippen molar-refractivity contribution in [3.63, 3.8) is 0 Å². The molecule has 0 aliphatic carbocycles. The number of ether oxygens (including phenoxy) is 1. The number of carbonyl (C=O) groups is 1. The van der Waals surface area contributed by atoms with Gasteiger partial charge in [-0.05, 0) is 31.5 Å². The van der Waals surface area contributed by atoms with E-state index in [0.29, 0.717) is 17.3 Å². The highest BCUT2D eigenvalue weighted by atomic mass is 16.5. The van der Waals surface area contributed by atoms with Gasteiger partial charge in [-0.15, -0.1) is 0 Å². The number of piperidine rings is 1. The van der Waals surface area contributed by atoms with Crippen molar-refractivity contribution in [3.8, 4) is 5.75 Å². The number of hydrogen-bond donors (Lipinski definition) is 3. The van der Waals surface area contributed by atoms with Crippen LogP contribution in [-0.2, 0) is 0 Å². The topological polar surface area (TPSA) is 102 Å². The lowest BCUT2D eigenvalue weighted by Crippen LogP contribution is -2.38. The SMILES string of the molecule is COc1ccccc1C(=O)c1cnc(NC2CCCNC2)nc1N. The van der Waals surface area contributed by atoms with Crippen molar-refractivity contribution in [2.45, 2.75) is 18.9 Å². The van der Waals surface area contributed by atoms with Crippen LogP contribution in [0.5, 0.6) is 5.75 Å². The third-order valence-corrected chi connectivity index (χ3v) is 4.04. The fourth-order valence-corrected chi connectivity index (χ4v) is 2.77. The zero-order valence-corrected chi connectivity index (χ0v) is 13.6. The summed E-state index contributed by atoms with van der Waals surface area (Å²) in [7, 11) is 1.52. The maximum Gasteiger partial charge on any atom is 0.224 e. The molecule has 1 aliphatic rings. The first-order valence-corrected chi connectivity index (χ1v) is 7.96. The molecular weight excluding hydrogens is 306 g/mol. The van der Waals surface area contributed by atoms with Crippen LogP contribution in [0.25, 0.3) is 0 Å². The number of anilines is 2. The highest BCUT2D eigenvalue weighted by molar-refractivity contribution is 6.13. The number of nitrogen functional groups attached to an aromatic ring is 1. The zero-order valence-electron chi connectivity index (χ0n) is 13.6. The Morgan fingerprint density at radius 1 is 1.38 bits per heavy atom. The molecule has 24 heavy (non-hydrogen) atoms. The second kappa shape index (κ2) is 7.27. The van der Waals surface area contributed by atoms with Crippen LogP contribution in [0.2, 0.25) is 0 Å². The third kappa shape index (κ3) is 3.46. The largest absolute Gasteiger partial charge is 0.496 e. The Labute approximate surface area is 140 Å². The molecule has 7 nitrogen and oxygen atoms in total. The van der Waals surface area contributed by atoms with Gasteiger partial charge in [0, 0.05) is 18.8 Å². The minimum Gasteiger partial charge on any atom is -0.496 e. The number of hydrogen-bond acceptors (Lipinski definition) is 7. The molecule has 1 atom stereocenters. The molecule has 0 saturated carbocycles. The minimum atomic E-state index is -0.254. The number of rotatable bonds is 5. The standard InChI is InChI=1S/C17H21N5O2/c1-24-14-7-3-2-6-12(14)15(23)13-10-20-17(22-16(13)18)21-11-5-4-8-19-9-11/h2-3,6-7,10-11,19H,4-5,8-9H2,1H3,(H3,18,20,21,22). The highest BCUT2D eigenvalue weighted by Gasteiger charge is 2.19. The summed E-state index contributed by atoms with van der Waals surface area (Å²) in [4.78, 5) is 21.2. The quantitative estimate of drug-likeness (QED) is 0.715. The van der Waals surface area contributed by atoms with Gasteiger partial charge in [-0.3, -0.25) is 4.79 Å². The van der Waals surface area contributed by atoms with Crippen LogP contribution in [0.4, 0.5) is 11.8 Å². The van der Waals surface area contributed by atoms with Crippen LogP contribution >= 0.6 is 0 Å². The van der Waals surface area contributed by atoms with E-state index in [1.165, 1.54) is 13.3 Å². The van der Waals surface area contributed by atoms with Gasteiger partial charge in [0.2, 0.25) is 11.7 Å². The normalized spacial score (nSPS) is 17.3. The van der Waals surface area contributed by atoms with E-state index in [1.54, 1.807) is 24.3 Å². The summed E-state index contributed by atoms with van der Waals surface area (Å²) in [5.74, 6) is 0.846. The van der Waals surface area contributed by atoms with E-state index < -0.39 is 0 Å². The zero-order chi connectivity index (χ0) is 16.9. The van der Waals surface area contributed by atoms with E-state index in [9.17, 15) is 4.79 Å². The van der Waals surface area contributed by atoms with Crippen molar-refractivity contribution < 1.29 is 9.53 Å². The molecule has 1 fully saturated rings. The molecule has 1 unspecified atom stereocenters. The molecule has 0 bridgehead atoms. The van der Waals surface area contributed by atoms with Crippen molar-refractivity contribution in [3.05, 3.63) is 41.6 Å². The van der Waals surface area contributed by atoms with Crippen LogP contribution < -0.4 is 21.1 Å². The van der Waals surface area contributed by atoms with Gasteiger partial charge in [0.1, 0.15) is 11.6 Å². The number of methoxy groups -OCH3 is 1. The lowest BCUT2D eigenvalue weighted by atomic mass is 10.0. The number of nitrogens with zero attached hydrogens (tertiary/aromatic N) is 2. The van der Waals surface area contributed by atoms with Crippen LogP contribution in [0, 0.1) is 0 Å². The molecule has 0 amide bonds. The van der Waals surface area contributed by atoms with E-state index in [-0.39, 0.29) is 23.2 Å². The second-order valence-corrected chi connectivity index (χ2v) is 5.71. The Morgan fingerprint density at radius 2 is 2.21 bits per heavy atom. The van der Waals surface area contributed by atoms with Crippen molar-refractivity contribution in [1.82, 2.24) is 15.3 Å². The fraction of sp³-hybridized carbons (Fsp3) is 0.353. The predicted octanol–water partition coefficient (Wildman–Crippen LogP) is 1.46. The number of carbonyl (C=O) groups excluding carboxylic acids is 1. The third-order valence-electron chi connectivity index (χ3n) is 4.04. The first-order valence-electron chi connectivity index (χ1n) is 7.96. The minimum absolute atomic E-state index is 0.159. The summed E-state index contributed by atoms with van der Waals surface area (Å²) in [6.45, 7) is 1.90. The smallest absolute Gasteiger partial charge is 0.224 e. The Bertz CT molecular complexity index is 729. The molecule has 1 aromatic heterocycles. The molecule has 0 spiro atoms. The number of aromatic nitrogens is 2. The maximum absolute atomic E-state index is 12.7. The summed E-state index contributed by atoms with van der Waals surface area (Å²) in [6.07, 6.45) is 3.63. The van der Waals surface area contributed by atoms with Crippen LogP contribution in [-0.4, -0.2) is 42.0 Å². The lowest BCUT2D eigenvalue weighted by molar-refractivity contribution is 0.103. The van der Waals surface area contributed by atoms with Gasteiger partial charge in [-0.2, -0.15) is 4.98 Å². The van der Waals surface area contributed by atoms with Crippen molar-refractivity contribution >= 4 is 17.5 Å². The summed E-state index contributed by atoms with van der Waals surface area (Å²) >= 11 is 0. The molecule has 1 aromatic carbocycles. The maximum atomic E-state index is 12.7. The van der Waals surface area contributed by atoms with Crippen molar-refractivity contribution in [2.24, 2.45) is 0 Å². The van der Waals surface area contributed by atoms with Gasteiger partial charge in [0.15, 0.2) is 0 Å². The molecule has 0 radical (unpaired) electrons. The molecule has 2 aromatic rings. The molecule has 1 saturated heterocycles. The second-order valence-electron chi connectivity index (χ2n) is 5.71. The summed E-state index contributed by atoms with van der Waals surface area (Å²) in [6, 6.07) is 7.28. The van der Waals surface area contributed by atoms with Crippen LogP contribution in [0.15, 0.2) is 30.5 Å². The molecule has 2 heterocycles. The Balaban J connectivity index is 1.80. The lowest BCUT2D eigenvalue weighted by Gasteiger charge is -2.23. The molecule has 3 rings (SSSR count). The van der Waals surface area contributed by atoms with Crippen LogP contribution in [0.3, 0.4) is 0 Å². The van der Waals surface area contributed by atoms with E-state index in [1.807, 2.05) is 0 Å². The number of para-hydroxylation sites is 1. The first-order chi connectivity index (χ1) is 11.7. The van der Waals surface area contributed by atoms with E-state index in [2.05, 4.69) is 20.6 Å². The van der Waals surface area contributed by atoms with E-state index in [4.69, 9.17) is 10.5 Å². The molecule has 126 valence electrons. The molecular formula is C17H21N5O2. The fourth-order valence-electron chi connectivity index (χ4n) is 2.77. The molecule has 7 heteroatoms. The van der Waals surface area contributed by atoms with Gasteiger partial charge < -0.3 is 21.1 Å². The van der Waals surface area contributed by atoms with Gasteiger partial charge in [-0.25, -0.2) is 4.98 Å². The number of ketones is 1. The summed E-state index contributed by atoms with van der Waals surface area (Å²) in [5, 5.41) is 6.57. The van der Waals surface area contributed by atoms with Crippen molar-refractivity contribution in [2.75, 3.05) is 31.2 Å². The molecule has 1 aliphatic heterocycles. The number of benzene rings is 1. The number of nitrogens with two attached hydrogens (primary N) is 1. The average Bonchev–Trinajstić information content (AvgIpc) is 2.62. The van der Waals surface area contributed by atoms with Gasteiger partial charge in [0.25, 0.3) is 0 Å². The Morgan fingerprint density at radius 3 is 2.92 bits per heavy atom. The predicted molar refractivity (Wildman–Crippen MR) is 92.4 cm³/mol. The van der Waals surface area contributed by atoms with Crippen molar-refractivity contribution in [1.29, 1.82) is 0 Å².